The molecule has 0 atom stereocenters. The number of rotatable bonds is 5. The van der Waals surface area contributed by atoms with E-state index in [1.165, 1.54) is 5.56 Å². The molecule has 0 aromatic carbocycles. The molecule has 2 aromatic rings. The summed E-state index contributed by atoms with van der Waals surface area (Å²) in [6.45, 7) is 4.59. The van der Waals surface area contributed by atoms with Crippen molar-refractivity contribution in [2.45, 2.75) is 20.0 Å². The van der Waals surface area contributed by atoms with E-state index in [9.17, 15) is 0 Å². The number of aryl methyl sites for hydroxylation is 1. The molecule has 16 heavy (non-hydrogen) atoms. The molecule has 0 bridgehead atoms. The lowest BCUT2D eigenvalue weighted by atomic mass is 10.4. The van der Waals surface area contributed by atoms with Gasteiger partial charge in [-0.3, -0.25) is 4.68 Å². The molecule has 0 radical (unpaired) electrons. The zero-order chi connectivity index (χ0) is 10.5. The first kappa shape index (κ1) is 12.7. The predicted molar refractivity (Wildman–Crippen MR) is 64.5 cm³/mol. The summed E-state index contributed by atoms with van der Waals surface area (Å²) >= 11 is 0. The van der Waals surface area contributed by atoms with Gasteiger partial charge in [-0.1, -0.05) is 0 Å². The second-order valence-corrected chi connectivity index (χ2v) is 3.49. The van der Waals surface area contributed by atoms with Crippen molar-refractivity contribution >= 4 is 12.4 Å². The molecule has 0 unspecified atom stereocenters. The van der Waals surface area contributed by atoms with Crippen LogP contribution in [0.5, 0.6) is 0 Å². The molecule has 0 aliphatic rings. The maximum Gasteiger partial charge on any atom is 0.120 e. The smallest absolute Gasteiger partial charge is 0.120 e. The van der Waals surface area contributed by atoms with E-state index in [0.717, 1.165) is 25.5 Å². The number of imidazole rings is 1. The van der Waals surface area contributed by atoms with Crippen LogP contribution in [0.3, 0.4) is 0 Å². The molecular formula is C10H16ClN5. The molecule has 2 N–H and O–H groups in total. The summed E-state index contributed by atoms with van der Waals surface area (Å²) in [5.74, 6) is 0.964. The Hall–Kier alpha value is -1.33. The lowest BCUT2D eigenvalue weighted by Crippen LogP contribution is -2.20. The molecule has 0 amide bonds. The van der Waals surface area contributed by atoms with Gasteiger partial charge in [0.25, 0.3) is 0 Å². The maximum atomic E-state index is 4.20. The molecule has 0 saturated carbocycles. The van der Waals surface area contributed by atoms with Crippen LogP contribution in [0, 0.1) is 6.92 Å². The van der Waals surface area contributed by atoms with Crippen LogP contribution >= 0.6 is 12.4 Å². The zero-order valence-electron chi connectivity index (χ0n) is 9.18. The fraction of sp³-hybridized carbons (Fsp3) is 0.400. The van der Waals surface area contributed by atoms with Gasteiger partial charge in [-0.15, -0.1) is 12.4 Å². The normalized spacial score (nSPS) is 10.1. The molecule has 6 heteroatoms. The minimum atomic E-state index is 0. The highest BCUT2D eigenvalue weighted by Gasteiger charge is 1.95. The van der Waals surface area contributed by atoms with Crippen molar-refractivity contribution in [2.24, 2.45) is 0 Å². The molecule has 2 aromatic heterocycles. The first-order valence-corrected chi connectivity index (χ1v) is 5.02. The number of hydrogen-bond donors (Lipinski definition) is 2. The van der Waals surface area contributed by atoms with Gasteiger partial charge in [0.2, 0.25) is 0 Å². The summed E-state index contributed by atoms with van der Waals surface area (Å²) in [6.07, 6.45) is 7.49. The van der Waals surface area contributed by atoms with Crippen LogP contribution in [0.2, 0.25) is 0 Å². The first-order chi connectivity index (χ1) is 7.34. The number of H-pyrrole nitrogens is 1. The third-order valence-corrected chi connectivity index (χ3v) is 2.13. The minimum absolute atomic E-state index is 0. The SMILES string of the molecule is Cc1cnn(CCNCc2ncc[nH]2)c1.Cl. The number of nitrogens with zero attached hydrogens (tertiary/aromatic N) is 3. The summed E-state index contributed by atoms with van der Waals surface area (Å²) in [4.78, 5) is 7.17. The summed E-state index contributed by atoms with van der Waals surface area (Å²) in [6, 6.07) is 0. The van der Waals surface area contributed by atoms with Crippen molar-refractivity contribution in [1.29, 1.82) is 0 Å². The van der Waals surface area contributed by atoms with Crippen LogP contribution in [0.15, 0.2) is 24.8 Å². The molecule has 2 heterocycles. The highest BCUT2D eigenvalue weighted by molar-refractivity contribution is 5.85. The van der Waals surface area contributed by atoms with Crippen LogP contribution in [-0.2, 0) is 13.1 Å². The Morgan fingerprint density at radius 3 is 3.00 bits per heavy atom. The second-order valence-electron chi connectivity index (χ2n) is 3.49. The van der Waals surface area contributed by atoms with Gasteiger partial charge in [0.15, 0.2) is 0 Å². The monoisotopic (exact) mass is 241 g/mol. The molecule has 0 aliphatic heterocycles. The average molecular weight is 242 g/mol. The van der Waals surface area contributed by atoms with Gasteiger partial charge in [0.05, 0.1) is 19.3 Å². The highest BCUT2D eigenvalue weighted by atomic mass is 35.5. The molecule has 0 spiro atoms. The molecule has 0 fully saturated rings. The number of hydrogen-bond acceptors (Lipinski definition) is 3. The maximum absolute atomic E-state index is 4.20. The minimum Gasteiger partial charge on any atom is -0.348 e. The second kappa shape index (κ2) is 6.30. The standard InChI is InChI=1S/C10H15N5.ClH/c1-9-6-14-15(8-9)5-4-11-7-10-12-2-3-13-10;/h2-3,6,8,11H,4-5,7H2,1H3,(H,12,13);1H. The van der Waals surface area contributed by atoms with Crippen LogP contribution in [0.1, 0.15) is 11.4 Å². The molecule has 0 saturated heterocycles. The largest absolute Gasteiger partial charge is 0.348 e. The molecule has 88 valence electrons. The van der Waals surface area contributed by atoms with E-state index < -0.39 is 0 Å². The Bertz CT molecular complexity index is 395. The molecule has 5 nitrogen and oxygen atoms in total. The quantitative estimate of drug-likeness (QED) is 0.772. The van der Waals surface area contributed by atoms with Crippen molar-refractivity contribution in [2.75, 3.05) is 6.54 Å². The summed E-state index contributed by atoms with van der Waals surface area (Å²) in [7, 11) is 0. The van der Waals surface area contributed by atoms with Gasteiger partial charge in [-0.25, -0.2) is 4.98 Å². The van der Waals surface area contributed by atoms with E-state index >= 15 is 0 Å². The highest BCUT2D eigenvalue weighted by Crippen LogP contribution is 1.93. The van der Waals surface area contributed by atoms with Gasteiger partial charge in [0.1, 0.15) is 5.82 Å². The Morgan fingerprint density at radius 2 is 2.38 bits per heavy atom. The van der Waals surface area contributed by atoms with Gasteiger partial charge in [0, 0.05) is 25.1 Å². The van der Waals surface area contributed by atoms with E-state index in [1.54, 1.807) is 6.20 Å². The third kappa shape index (κ3) is 3.67. The van der Waals surface area contributed by atoms with Gasteiger partial charge >= 0.3 is 0 Å². The van der Waals surface area contributed by atoms with Crippen molar-refractivity contribution in [3.05, 3.63) is 36.2 Å². The number of aromatic amines is 1. The van der Waals surface area contributed by atoms with Crippen LogP contribution < -0.4 is 5.32 Å². The lowest BCUT2D eigenvalue weighted by Gasteiger charge is -2.02. The van der Waals surface area contributed by atoms with E-state index in [4.69, 9.17) is 0 Å². The number of halogens is 1. The predicted octanol–water partition coefficient (Wildman–Crippen LogP) is 1.13. The Kier molecular flexibility index (Phi) is 5.01. The lowest BCUT2D eigenvalue weighted by molar-refractivity contribution is 0.548. The Labute approximate surface area is 101 Å². The van der Waals surface area contributed by atoms with Gasteiger partial charge < -0.3 is 10.3 Å². The Balaban J connectivity index is 0.00000128. The summed E-state index contributed by atoms with van der Waals surface area (Å²) < 4.78 is 1.93. The fourth-order valence-electron chi connectivity index (χ4n) is 1.38. The number of aromatic nitrogens is 4. The van der Waals surface area contributed by atoms with Gasteiger partial charge in [-0.05, 0) is 12.5 Å². The zero-order valence-corrected chi connectivity index (χ0v) is 10.00. The first-order valence-electron chi connectivity index (χ1n) is 5.02. The third-order valence-electron chi connectivity index (χ3n) is 2.13. The van der Waals surface area contributed by atoms with E-state index in [0.29, 0.717) is 0 Å². The molecule has 0 aliphatic carbocycles. The Morgan fingerprint density at radius 1 is 1.50 bits per heavy atom. The van der Waals surface area contributed by atoms with Crippen molar-refractivity contribution in [3.8, 4) is 0 Å². The topological polar surface area (TPSA) is 58.5 Å². The van der Waals surface area contributed by atoms with Crippen LogP contribution in [-0.4, -0.2) is 26.3 Å². The van der Waals surface area contributed by atoms with Gasteiger partial charge in [-0.2, -0.15) is 5.10 Å². The summed E-state index contributed by atoms with van der Waals surface area (Å²) in [5, 5.41) is 7.49. The van der Waals surface area contributed by atoms with Crippen LogP contribution in [0.25, 0.3) is 0 Å². The fourth-order valence-corrected chi connectivity index (χ4v) is 1.38. The van der Waals surface area contributed by atoms with E-state index in [2.05, 4.69) is 20.4 Å². The van der Waals surface area contributed by atoms with Crippen LogP contribution in [0.4, 0.5) is 0 Å². The van der Waals surface area contributed by atoms with Crippen molar-refractivity contribution in [3.63, 3.8) is 0 Å². The van der Waals surface area contributed by atoms with Crippen molar-refractivity contribution < 1.29 is 0 Å². The number of nitrogens with one attached hydrogen (secondary N) is 2. The van der Waals surface area contributed by atoms with E-state index in [-0.39, 0.29) is 12.4 Å². The molecule has 2 rings (SSSR count). The van der Waals surface area contributed by atoms with E-state index in [1.807, 2.05) is 30.2 Å². The molecular weight excluding hydrogens is 226 g/mol. The average Bonchev–Trinajstić information content (AvgIpc) is 2.84. The summed E-state index contributed by atoms with van der Waals surface area (Å²) in [5.41, 5.74) is 1.20. The van der Waals surface area contributed by atoms with Crippen molar-refractivity contribution in [1.82, 2.24) is 25.1 Å².